The molecule has 9 nitrogen and oxygen atoms in total. The maximum absolute atomic E-state index is 12.5. The van der Waals surface area contributed by atoms with Crippen molar-refractivity contribution in [2.24, 2.45) is 5.41 Å². The minimum atomic E-state index is -3.69. The van der Waals surface area contributed by atoms with Crippen molar-refractivity contribution in [3.05, 3.63) is 29.8 Å². The molecule has 0 unspecified atom stereocenters. The first-order chi connectivity index (χ1) is 13.4. The lowest BCUT2D eigenvalue weighted by atomic mass is 9.94. The quantitative estimate of drug-likeness (QED) is 0.692. The molecule has 0 saturated carbocycles. The van der Waals surface area contributed by atoms with Crippen molar-refractivity contribution >= 4 is 27.7 Å². The van der Waals surface area contributed by atoms with Crippen LogP contribution in [0, 0.1) is 5.41 Å². The van der Waals surface area contributed by atoms with Crippen LogP contribution in [0.25, 0.3) is 0 Å². The summed E-state index contributed by atoms with van der Waals surface area (Å²) in [6.07, 6.45) is 1.22. The maximum Gasteiger partial charge on any atom is 0.269 e. The Kier molecular flexibility index (Phi) is 6.69. The molecule has 2 N–H and O–H groups in total. The van der Waals surface area contributed by atoms with Gasteiger partial charge < -0.3 is 4.90 Å². The molecule has 0 aliphatic carbocycles. The molecular formula is C19H28N4O5S. The molecular weight excluding hydrogens is 396 g/mol. The fourth-order valence-electron chi connectivity index (χ4n) is 3.00. The van der Waals surface area contributed by atoms with E-state index in [9.17, 15) is 22.8 Å². The molecule has 1 saturated heterocycles. The lowest BCUT2D eigenvalue weighted by Crippen LogP contribution is -2.53. The first kappa shape index (κ1) is 22.8. The molecule has 0 radical (unpaired) electrons. The van der Waals surface area contributed by atoms with Crippen LogP contribution in [0.4, 0.5) is 0 Å². The van der Waals surface area contributed by atoms with Gasteiger partial charge in [-0.15, -0.1) is 0 Å². The van der Waals surface area contributed by atoms with Crippen molar-refractivity contribution in [2.45, 2.75) is 44.6 Å². The highest BCUT2D eigenvalue weighted by Gasteiger charge is 2.38. The van der Waals surface area contributed by atoms with Gasteiger partial charge in [-0.05, 0) is 31.0 Å². The largest absolute Gasteiger partial charge is 0.330 e. The molecule has 0 aromatic heterocycles. The number of hydrogen-bond acceptors (Lipinski definition) is 5. The number of hydrogen-bond donors (Lipinski definition) is 2. The normalized spacial score (nSPS) is 17.3. The Balaban J connectivity index is 2.06. The number of nitrogens with one attached hydrogen (secondary N) is 2. The van der Waals surface area contributed by atoms with E-state index in [-0.39, 0.29) is 16.4 Å². The average Bonchev–Trinajstić information content (AvgIpc) is 3.14. The summed E-state index contributed by atoms with van der Waals surface area (Å²) in [5, 5.41) is 0. The molecule has 3 amide bonds. The van der Waals surface area contributed by atoms with Gasteiger partial charge in [0, 0.05) is 31.6 Å². The van der Waals surface area contributed by atoms with Crippen LogP contribution < -0.4 is 10.9 Å². The second-order valence-electron chi connectivity index (χ2n) is 8.17. The summed E-state index contributed by atoms with van der Waals surface area (Å²) < 4.78 is 25.5. The van der Waals surface area contributed by atoms with E-state index in [0.717, 1.165) is 4.31 Å². The number of sulfonamides is 1. The molecule has 0 spiro atoms. The number of amides is 3. The van der Waals surface area contributed by atoms with Gasteiger partial charge >= 0.3 is 0 Å². The summed E-state index contributed by atoms with van der Waals surface area (Å²) in [5.41, 5.74) is 4.12. The topological polar surface area (TPSA) is 116 Å². The molecule has 1 atom stereocenters. The molecule has 0 bridgehead atoms. The van der Waals surface area contributed by atoms with Gasteiger partial charge in [-0.1, -0.05) is 26.8 Å². The number of hydrazine groups is 1. The molecule has 1 aliphatic rings. The van der Waals surface area contributed by atoms with Crippen molar-refractivity contribution in [3.63, 3.8) is 0 Å². The highest BCUT2D eigenvalue weighted by Crippen LogP contribution is 2.25. The van der Waals surface area contributed by atoms with Gasteiger partial charge in [-0.2, -0.15) is 0 Å². The molecule has 1 fully saturated rings. The van der Waals surface area contributed by atoms with E-state index >= 15 is 0 Å². The van der Waals surface area contributed by atoms with Crippen LogP contribution in [-0.2, 0) is 19.6 Å². The molecule has 2 rings (SSSR count). The predicted octanol–water partition coefficient (Wildman–Crippen LogP) is 0.735. The Hall–Kier alpha value is -2.46. The predicted molar refractivity (Wildman–Crippen MR) is 107 cm³/mol. The number of rotatable bonds is 4. The molecule has 1 heterocycles. The molecule has 10 heteroatoms. The maximum atomic E-state index is 12.5. The van der Waals surface area contributed by atoms with Crippen LogP contribution in [0.15, 0.2) is 29.2 Å². The zero-order chi connectivity index (χ0) is 22.0. The second-order valence-corrected chi connectivity index (χ2v) is 10.3. The minimum Gasteiger partial charge on any atom is -0.330 e. The van der Waals surface area contributed by atoms with Gasteiger partial charge in [0.05, 0.1) is 4.90 Å². The summed E-state index contributed by atoms with van der Waals surface area (Å²) in [7, 11) is -0.892. The highest BCUT2D eigenvalue weighted by molar-refractivity contribution is 7.89. The molecule has 160 valence electrons. The fourth-order valence-corrected chi connectivity index (χ4v) is 3.94. The Labute approximate surface area is 171 Å². The third-order valence-electron chi connectivity index (χ3n) is 4.63. The van der Waals surface area contributed by atoms with Crippen LogP contribution in [0.1, 0.15) is 44.0 Å². The molecule has 1 aromatic carbocycles. The standard InChI is InChI=1S/C19H28N4O5S/c1-19(2,3)18(26)23-11-7-10-15(23)17(25)21-20-16(24)13-8-6-9-14(12-13)29(27,28)22(4)5/h6,8-9,12,15H,7,10-11H2,1-5H3,(H,20,24)(H,21,25)/t15-/m0/s1. The van der Waals surface area contributed by atoms with Crippen molar-refractivity contribution in [3.8, 4) is 0 Å². The first-order valence-corrected chi connectivity index (χ1v) is 10.7. The Morgan fingerprint density at radius 1 is 1.14 bits per heavy atom. The van der Waals surface area contributed by atoms with Crippen LogP contribution in [0.5, 0.6) is 0 Å². The highest BCUT2D eigenvalue weighted by atomic mass is 32.2. The molecule has 1 aliphatic heterocycles. The van der Waals surface area contributed by atoms with Crippen LogP contribution in [-0.4, -0.2) is 62.0 Å². The van der Waals surface area contributed by atoms with Crippen molar-refractivity contribution in [1.82, 2.24) is 20.1 Å². The average molecular weight is 425 g/mol. The van der Waals surface area contributed by atoms with Gasteiger partial charge in [-0.3, -0.25) is 25.2 Å². The van der Waals surface area contributed by atoms with E-state index in [4.69, 9.17) is 0 Å². The van der Waals surface area contributed by atoms with Gasteiger partial charge in [0.1, 0.15) is 6.04 Å². The number of nitrogens with zero attached hydrogens (tertiary/aromatic N) is 2. The van der Waals surface area contributed by atoms with E-state index in [1.165, 1.54) is 43.3 Å². The van der Waals surface area contributed by atoms with Crippen LogP contribution >= 0.6 is 0 Å². The van der Waals surface area contributed by atoms with Gasteiger partial charge in [0.25, 0.3) is 11.8 Å². The minimum absolute atomic E-state index is 0.0285. The van der Waals surface area contributed by atoms with E-state index in [2.05, 4.69) is 10.9 Å². The zero-order valence-electron chi connectivity index (χ0n) is 17.4. The Bertz CT molecular complexity index is 905. The van der Waals surface area contributed by atoms with Gasteiger partial charge in [0.15, 0.2) is 0 Å². The van der Waals surface area contributed by atoms with Crippen LogP contribution in [0.3, 0.4) is 0 Å². The Morgan fingerprint density at radius 3 is 2.38 bits per heavy atom. The summed E-state index contributed by atoms with van der Waals surface area (Å²) in [5.74, 6) is -1.26. The van der Waals surface area contributed by atoms with Gasteiger partial charge in [-0.25, -0.2) is 12.7 Å². The smallest absolute Gasteiger partial charge is 0.269 e. The molecule has 1 aromatic rings. The number of carbonyl (C=O) groups is 3. The van der Waals surface area contributed by atoms with E-state index in [0.29, 0.717) is 19.4 Å². The third kappa shape index (κ3) is 5.13. The molecule has 29 heavy (non-hydrogen) atoms. The fraction of sp³-hybridized carbons (Fsp3) is 0.526. The SMILES string of the molecule is CN(C)S(=O)(=O)c1cccc(C(=O)NNC(=O)[C@@H]2CCCN2C(=O)C(C)(C)C)c1. The summed E-state index contributed by atoms with van der Waals surface area (Å²) in [4.78, 5) is 38.9. The zero-order valence-corrected chi connectivity index (χ0v) is 18.2. The second kappa shape index (κ2) is 8.50. The van der Waals surface area contributed by atoms with E-state index in [1.54, 1.807) is 20.8 Å². The van der Waals surface area contributed by atoms with E-state index < -0.39 is 33.3 Å². The summed E-state index contributed by atoms with van der Waals surface area (Å²) in [6.45, 7) is 5.87. The van der Waals surface area contributed by atoms with Crippen molar-refractivity contribution < 1.29 is 22.8 Å². The first-order valence-electron chi connectivity index (χ1n) is 9.29. The van der Waals surface area contributed by atoms with Gasteiger partial charge in [0.2, 0.25) is 15.9 Å². The number of benzene rings is 1. The van der Waals surface area contributed by atoms with E-state index in [1.807, 2.05) is 0 Å². The lowest BCUT2D eigenvalue weighted by molar-refractivity contribution is -0.144. The van der Waals surface area contributed by atoms with Crippen molar-refractivity contribution in [1.29, 1.82) is 0 Å². The monoisotopic (exact) mass is 424 g/mol. The number of likely N-dealkylation sites (tertiary alicyclic amines) is 1. The lowest BCUT2D eigenvalue weighted by Gasteiger charge is -2.30. The summed E-state index contributed by atoms with van der Waals surface area (Å²) >= 11 is 0. The third-order valence-corrected chi connectivity index (χ3v) is 6.44. The van der Waals surface area contributed by atoms with Crippen molar-refractivity contribution in [2.75, 3.05) is 20.6 Å². The summed E-state index contributed by atoms with van der Waals surface area (Å²) in [6, 6.07) is 4.87. The van der Waals surface area contributed by atoms with Crippen LogP contribution in [0.2, 0.25) is 0 Å². The number of carbonyl (C=O) groups excluding carboxylic acids is 3. The Morgan fingerprint density at radius 2 is 1.79 bits per heavy atom.